The molecule has 2 aromatic rings. The lowest BCUT2D eigenvalue weighted by Gasteiger charge is -2.36. The first-order valence-electron chi connectivity index (χ1n) is 11.5. The number of piperidine rings is 1. The maximum Gasteiger partial charge on any atom is 0.416 e. The van der Waals surface area contributed by atoms with Crippen LogP contribution in [0.15, 0.2) is 48.5 Å². The van der Waals surface area contributed by atoms with E-state index in [1.165, 1.54) is 0 Å². The fourth-order valence-corrected chi connectivity index (χ4v) is 4.58. The third-order valence-electron chi connectivity index (χ3n) is 6.39. The number of nitrogens with zero attached hydrogens (tertiary/aromatic N) is 2. The molecule has 2 saturated heterocycles. The Kier molecular flexibility index (Phi) is 7.55. The summed E-state index contributed by atoms with van der Waals surface area (Å²) in [7, 11) is 0. The molecule has 1 N–H and O–H groups in total. The van der Waals surface area contributed by atoms with E-state index in [1.807, 2.05) is 24.3 Å². The molecule has 2 heterocycles. The van der Waals surface area contributed by atoms with E-state index in [1.54, 1.807) is 12.1 Å². The van der Waals surface area contributed by atoms with Crippen LogP contribution in [0.1, 0.15) is 42.9 Å². The van der Waals surface area contributed by atoms with Crippen molar-refractivity contribution < 1.29 is 22.7 Å². The third-order valence-corrected chi connectivity index (χ3v) is 6.39. The number of nitrogens with one attached hydrogen (secondary N) is 1. The maximum absolute atomic E-state index is 12.9. The van der Waals surface area contributed by atoms with Crippen LogP contribution in [0.4, 0.5) is 24.5 Å². The molecule has 0 saturated carbocycles. The number of amides is 1. The number of morpholine rings is 1. The Morgan fingerprint density at radius 1 is 0.970 bits per heavy atom. The second kappa shape index (κ2) is 10.6. The zero-order valence-electron chi connectivity index (χ0n) is 18.6. The molecule has 4 rings (SSSR count). The molecule has 2 fully saturated rings. The molecule has 0 aliphatic carbocycles. The van der Waals surface area contributed by atoms with Crippen LogP contribution in [0.3, 0.4) is 0 Å². The molecule has 1 amide bonds. The molecule has 5 nitrogen and oxygen atoms in total. The van der Waals surface area contributed by atoms with Gasteiger partial charge in [-0.1, -0.05) is 18.6 Å². The molecule has 2 aromatic carbocycles. The molecule has 178 valence electrons. The Morgan fingerprint density at radius 2 is 1.67 bits per heavy atom. The van der Waals surface area contributed by atoms with Gasteiger partial charge in [-0.3, -0.25) is 9.69 Å². The predicted octanol–water partition coefficient (Wildman–Crippen LogP) is 5.10. The minimum atomic E-state index is -4.33. The summed E-state index contributed by atoms with van der Waals surface area (Å²) < 4.78 is 44.0. The van der Waals surface area contributed by atoms with Gasteiger partial charge in [-0.25, -0.2) is 0 Å². The van der Waals surface area contributed by atoms with Crippen molar-refractivity contribution in [2.45, 2.75) is 37.9 Å². The highest BCUT2D eigenvalue weighted by Crippen LogP contribution is 2.34. The van der Waals surface area contributed by atoms with E-state index in [-0.39, 0.29) is 11.9 Å². The van der Waals surface area contributed by atoms with Crippen molar-refractivity contribution in [2.24, 2.45) is 0 Å². The lowest BCUT2D eigenvalue weighted by atomic mass is 9.94. The number of anilines is 2. The van der Waals surface area contributed by atoms with Crippen LogP contribution in [-0.4, -0.2) is 50.2 Å². The van der Waals surface area contributed by atoms with Crippen LogP contribution >= 0.6 is 0 Å². The number of hydrogen-bond acceptors (Lipinski definition) is 4. The Bertz CT molecular complexity index is 910. The SMILES string of the molecule is O=C(CCN1CCCCC1c1ccc(C(F)(F)F)cc1)Nc1ccc(N2CCOCC2)cc1. The van der Waals surface area contributed by atoms with Gasteiger partial charge in [0.2, 0.25) is 5.91 Å². The van der Waals surface area contributed by atoms with Crippen LogP contribution in [0.2, 0.25) is 0 Å². The summed E-state index contributed by atoms with van der Waals surface area (Å²) in [5.41, 5.74) is 2.12. The molecule has 8 heteroatoms. The highest BCUT2D eigenvalue weighted by Gasteiger charge is 2.31. The summed E-state index contributed by atoms with van der Waals surface area (Å²) in [4.78, 5) is 17.0. The second-order valence-corrected chi connectivity index (χ2v) is 8.61. The molecule has 1 atom stereocenters. The van der Waals surface area contributed by atoms with Gasteiger partial charge in [0.05, 0.1) is 18.8 Å². The van der Waals surface area contributed by atoms with E-state index in [4.69, 9.17) is 4.74 Å². The molecular weight excluding hydrogens is 431 g/mol. The van der Waals surface area contributed by atoms with E-state index >= 15 is 0 Å². The Morgan fingerprint density at radius 3 is 2.33 bits per heavy atom. The number of rotatable bonds is 6. The van der Waals surface area contributed by atoms with Gasteiger partial charge >= 0.3 is 6.18 Å². The van der Waals surface area contributed by atoms with Crippen molar-refractivity contribution in [1.29, 1.82) is 0 Å². The summed E-state index contributed by atoms with van der Waals surface area (Å²) in [5, 5.41) is 2.96. The first-order valence-corrected chi connectivity index (χ1v) is 11.5. The van der Waals surface area contributed by atoms with Gasteiger partial charge in [-0.15, -0.1) is 0 Å². The number of likely N-dealkylation sites (tertiary alicyclic amines) is 1. The van der Waals surface area contributed by atoms with Crippen LogP contribution in [-0.2, 0) is 15.7 Å². The van der Waals surface area contributed by atoms with Crippen LogP contribution < -0.4 is 10.2 Å². The first-order chi connectivity index (χ1) is 15.9. The molecule has 0 spiro atoms. The van der Waals surface area contributed by atoms with Crippen molar-refractivity contribution in [3.05, 3.63) is 59.7 Å². The van der Waals surface area contributed by atoms with Gasteiger partial charge in [0, 0.05) is 43.5 Å². The zero-order chi connectivity index (χ0) is 23.3. The van der Waals surface area contributed by atoms with Crippen molar-refractivity contribution in [3.63, 3.8) is 0 Å². The van der Waals surface area contributed by atoms with Crippen molar-refractivity contribution in [2.75, 3.05) is 49.6 Å². The smallest absolute Gasteiger partial charge is 0.378 e. The number of ether oxygens (including phenoxy) is 1. The lowest BCUT2D eigenvalue weighted by molar-refractivity contribution is -0.137. The molecule has 0 radical (unpaired) electrons. The average molecular weight is 462 g/mol. The second-order valence-electron chi connectivity index (χ2n) is 8.61. The third kappa shape index (κ3) is 6.26. The van der Waals surface area contributed by atoms with Crippen LogP contribution in [0, 0.1) is 0 Å². The minimum Gasteiger partial charge on any atom is -0.378 e. The van der Waals surface area contributed by atoms with Gasteiger partial charge < -0.3 is 15.0 Å². The van der Waals surface area contributed by atoms with Gasteiger partial charge in [0.25, 0.3) is 0 Å². The predicted molar refractivity (Wildman–Crippen MR) is 122 cm³/mol. The summed E-state index contributed by atoms with van der Waals surface area (Å²) in [6.45, 7) is 4.59. The van der Waals surface area contributed by atoms with E-state index < -0.39 is 11.7 Å². The van der Waals surface area contributed by atoms with Gasteiger partial charge in [-0.2, -0.15) is 13.2 Å². The molecule has 2 aliphatic heterocycles. The fourth-order valence-electron chi connectivity index (χ4n) is 4.58. The lowest BCUT2D eigenvalue weighted by Crippen LogP contribution is -2.36. The fraction of sp³-hybridized carbons (Fsp3) is 0.480. The zero-order valence-corrected chi connectivity index (χ0v) is 18.6. The standard InChI is InChI=1S/C25H30F3N3O2/c26-25(27,28)20-6-4-19(5-7-20)23-3-1-2-13-31(23)14-12-24(32)29-21-8-10-22(11-9-21)30-15-17-33-18-16-30/h4-11,23H,1-3,12-18H2,(H,29,32). The average Bonchev–Trinajstić information content (AvgIpc) is 2.83. The minimum absolute atomic E-state index is 0.0432. The Labute approximate surface area is 192 Å². The summed E-state index contributed by atoms with van der Waals surface area (Å²) in [6, 6.07) is 13.3. The highest BCUT2D eigenvalue weighted by molar-refractivity contribution is 5.91. The largest absolute Gasteiger partial charge is 0.416 e. The van der Waals surface area contributed by atoms with E-state index in [0.717, 1.165) is 81.2 Å². The van der Waals surface area contributed by atoms with Crippen LogP contribution in [0.25, 0.3) is 0 Å². The summed E-state index contributed by atoms with van der Waals surface area (Å²) in [5.74, 6) is -0.0640. The number of carbonyl (C=O) groups is 1. The van der Waals surface area contributed by atoms with E-state index in [2.05, 4.69) is 15.1 Å². The number of hydrogen-bond donors (Lipinski definition) is 1. The van der Waals surface area contributed by atoms with Gasteiger partial charge in [-0.05, 0) is 61.3 Å². The van der Waals surface area contributed by atoms with Crippen molar-refractivity contribution in [3.8, 4) is 0 Å². The Hall–Kier alpha value is -2.58. The molecule has 33 heavy (non-hydrogen) atoms. The molecule has 0 bridgehead atoms. The number of alkyl halides is 3. The van der Waals surface area contributed by atoms with Crippen LogP contribution in [0.5, 0.6) is 0 Å². The number of carbonyl (C=O) groups excluding carboxylic acids is 1. The number of halogens is 3. The molecule has 2 aliphatic rings. The van der Waals surface area contributed by atoms with E-state index in [0.29, 0.717) is 13.0 Å². The Balaban J connectivity index is 1.31. The van der Waals surface area contributed by atoms with Crippen molar-refractivity contribution in [1.82, 2.24) is 4.90 Å². The van der Waals surface area contributed by atoms with Gasteiger partial charge in [0.1, 0.15) is 0 Å². The number of benzene rings is 2. The molecule has 1 unspecified atom stereocenters. The molecule has 0 aromatic heterocycles. The maximum atomic E-state index is 12.9. The molecular formula is C25H30F3N3O2. The summed E-state index contributed by atoms with van der Waals surface area (Å²) in [6.07, 6.45) is -1.05. The topological polar surface area (TPSA) is 44.8 Å². The summed E-state index contributed by atoms with van der Waals surface area (Å²) >= 11 is 0. The van der Waals surface area contributed by atoms with Crippen molar-refractivity contribution >= 4 is 17.3 Å². The monoisotopic (exact) mass is 461 g/mol. The normalized spacial score (nSPS) is 20.0. The first kappa shape index (κ1) is 23.6. The quantitative estimate of drug-likeness (QED) is 0.650. The van der Waals surface area contributed by atoms with E-state index in [9.17, 15) is 18.0 Å². The highest BCUT2D eigenvalue weighted by atomic mass is 19.4. The van der Waals surface area contributed by atoms with Gasteiger partial charge in [0.15, 0.2) is 0 Å².